The molecule has 0 radical (unpaired) electrons. The van der Waals surface area contributed by atoms with E-state index >= 15 is 0 Å². The molecule has 3 nitrogen and oxygen atoms in total. The molecule has 0 spiro atoms. The Morgan fingerprint density at radius 3 is 2.46 bits per heavy atom. The zero-order chi connectivity index (χ0) is 10.1. The fourth-order valence-electron chi connectivity index (χ4n) is 2.23. The van der Waals surface area contributed by atoms with Crippen LogP contribution in [0.1, 0.15) is 19.8 Å². The number of carbonyl (C=O) groups is 1. The van der Waals surface area contributed by atoms with Gasteiger partial charge in [-0.3, -0.25) is 4.79 Å². The average molecular weight is 184 g/mol. The molecule has 1 amide bonds. The van der Waals surface area contributed by atoms with Crippen LogP contribution in [0.15, 0.2) is 0 Å². The minimum absolute atomic E-state index is 0.204. The summed E-state index contributed by atoms with van der Waals surface area (Å²) in [5.41, 5.74) is 0.204. The van der Waals surface area contributed by atoms with Crippen molar-refractivity contribution in [1.29, 1.82) is 0 Å². The molecule has 0 bridgehead atoms. The summed E-state index contributed by atoms with van der Waals surface area (Å²) in [4.78, 5) is 15.5. The number of rotatable bonds is 3. The van der Waals surface area contributed by atoms with E-state index < -0.39 is 0 Å². The van der Waals surface area contributed by atoms with Crippen LogP contribution >= 0.6 is 0 Å². The SMILES string of the molecule is CCC1(CN(C)C)CC(=O)N(C)C1. The van der Waals surface area contributed by atoms with Gasteiger partial charge in [0, 0.05) is 32.0 Å². The number of carbonyl (C=O) groups excluding carboxylic acids is 1. The Morgan fingerprint density at radius 1 is 1.54 bits per heavy atom. The summed E-state index contributed by atoms with van der Waals surface area (Å²) in [6.45, 7) is 4.11. The van der Waals surface area contributed by atoms with Gasteiger partial charge in [0.15, 0.2) is 0 Å². The molecule has 1 saturated heterocycles. The molecule has 1 aliphatic heterocycles. The molecule has 0 aromatic carbocycles. The first-order valence-corrected chi connectivity index (χ1v) is 4.88. The molecule has 0 N–H and O–H groups in total. The van der Waals surface area contributed by atoms with E-state index in [0.29, 0.717) is 5.91 Å². The second-order valence-corrected chi connectivity index (χ2v) is 4.52. The van der Waals surface area contributed by atoms with Crippen LogP contribution in [0.3, 0.4) is 0 Å². The molecule has 0 aromatic heterocycles. The average Bonchev–Trinajstić information content (AvgIpc) is 2.27. The fraction of sp³-hybridized carbons (Fsp3) is 0.900. The van der Waals surface area contributed by atoms with Crippen LogP contribution in [0.25, 0.3) is 0 Å². The molecule has 1 rings (SSSR count). The third-order valence-electron chi connectivity index (χ3n) is 2.93. The molecule has 0 saturated carbocycles. The predicted molar refractivity (Wildman–Crippen MR) is 53.5 cm³/mol. The van der Waals surface area contributed by atoms with Gasteiger partial charge in [-0.25, -0.2) is 0 Å². The van der Waals surface area contributed by atoms with Crippen LogP contribution in [0.4, 0.5) is 0 Å². The fourth-order valence-corrected chi connectivity index (χ4v) is 2.23. The van der Waals surface area contributed by atoms with Crippen molar-refractivity contribution in [3.05, 3.63) is 0 Å². The number of hydrogen-bond acceptors (Lipinski definition) is 2. The van der Waals surface area contributed by atoms with E-state index in [4.69, 9.17) is 0 Å². The van der Waals surface area contributed by atoms with Gasteiger partial charge in [0.2, 0.25) is 5.91 Å². The predicted octanol–water partition coefficient (Wildman–Crippen LogP) is 0.806. The van der Waals surface area contributed by atoms with Crippen molar-refractivity contribution in [3.8, 4) is 0 Å². The Balaban J connectivity index is 2.67. The highest BCUT2D eigenvalue weighted by atomic mass is 16.2. The van der Waals surface area contributed by atoms with E-state index in [9.17, 15) is 4.79 Å². The summed E-state index contributed by atoms with van der Waals surface area (Å²) in [5.74, 6) is 0.295. The van der Waals surface area contributed by atoms with Gasteiger partial charge >= 0.3 is 0 Å². The van der Waals surface area contributed by atoms with Gasteiger partial charge in [0.05, 0.1) is 0 Å². The second kappa shape index (κ2) is 3.66. The van der Waals surface area contributed by atoms with E-state index in [1.165, 1.54) is 0 Å². The summed E-state index contributed by atoms with van der Waals surface area (Å²) in [5, 5.41) is 0. The molecule has 0 aromatic rings. The monoisotopic (exact) mass is 184 g/mol. The van der Waals surface area contributed by atoms with Crippen LogP contribution in [0, 0.1) is 5.41 Å². The minimum Gasteiger partial charge on any atom is -0.345 e. The number of nitrogens with zero attached hydrogens (tertiary/aromatic N) is 2. The number of hydrogen-bond donors (Lipinski definition) is 0. The summed E-state index contributed by atoms with van der Waals surface area (Å²) < 4.78 is 0. The Hall–Kier alpha value is -0.570. The quantitative estimate of drug-likeness (QED) is 0.648. The van der Waals surface area contributed by atoms with Crippen molar-refractivity contribution < 1.29 is 4.79 Å². The van der Waals surface area contributed by atoms with E-state index in [1.54, 1.807) is 0 Å². The van der Waals surface area contributed by atoms with E-state index in [-0.39, 0.29) is 5.41 Å². The Labute approximate surface area is 80.7 Å². The van der Waals surface area contributed by atoms with Crippen LogP contribution in [0.2, 0.25) is 0 Å². The molecule has 1 heterocycles. The molecule has 13 heavy (non-hydrogen) atoms. The van der Waals surface area contributed by atoms with Gasteiger partial charge in [-0.15, -0.1) is 0 Å². The molecular weight excluding hydrogens is 164 g/mol. The first-order chi connectivity index (χ1) is 5.99. The normalized spacial score (nSPS) is 29.0. The van der Waals surface area contributed by atoms with Crippen LogP contribution in [0.5, 0.6) is 0 Å². The summed E-state index contributed by atoms with van der Waals surface area (Å²) in [6.07, 6.45) is 1.80. The van der Waals surface area contributed by atoms with E-state index in [1.807, 2.05) is 11.9 Å². The highest BCUT2D eigenvalue weighted by molar-refractivity contribution is 5.79. The lowest BCUT2D eigenvalue weighted by molar-refractivity contribution is -0.126. The topological polar surface area (TPSA) is 23.6 Å². The zero-order valence-electron chi connectivity index (χ0n) is 9.13. The highest BCUT2D eigenvalue weighted by Crippen LogP contribution is 2.34. The van der Waals surface area contributed by atoms with Crippen molar-refractivity contribution in [2.75, 3.05) is 34.2 Å². The van der Waals surface area contributed by atoms with Gasteiger partial charge in [0.1, 0.15) is 0 Å². The van der Waals surface area contributed by atoms with Crippen molar-refractivity contribution in [2.24, 2.45) is 5.41 Å². The molecule has 1 fully saturated rings. The van der Waals surface area contributed by atoms with Crippen molar-refractivity contribution >= 4 is 5.91 Å². The van der Waals surface area contributed by atoms with Crippen molar-refractivity contribution in [1.82, 2.24) is 9.80 Å². The second-order valence-electron chi connectivity index (χ2n) is 4.52. The first-order valence-electron chi connectivity index (χ1n) is 4.88. The smallest absolute Gasteiger partial charge is 0.223 e. The molecule has 1 unspecified atom stereocenters. The Bertz CT molecular complexity index is 203. The van der Waals surface area contributed by atoms with Crippen molar-refractivity contribution in [3.63, 3.8) is 0 Å². The molecule has 1 aliphatic rings. The highest BCUT2D eigenvalue weighted by Gasteiger charge is 2.40. The summed E-state index contributed by atoms with van der Waals surface area (Å²) >= 11 is 0. The van der Waals surface area contributed by atoms with Crippen LogP contribution in [-0.2, 0) is 4.79 Å². The summed E-state index contributed by atoms with van der Waals surface area (Å²) in [7, 11) is 6.04. The van der Waals surface area contributed by atoms with Gasteiger partial charge in [-0.05, 0) is 20.5 Å². The molecule has 3 heteroatoms. The van der Waals surface area contributed by atoms with E-state index in [2.05, 4.69) is 25.9 Å². The lowest BCUT2D eigenvalue weighted by atomic mass is 9.84. The maximum Gasteiger partial charge on any atom is 0.223 e. The lowest BCUT2D eigenvalue weighted by Crippen LogP contribution is -2.35. The lowest BCUT2D eigenvalue weighted by Gasteiger charge is -2.29. The molecule has 76 valence electrons. The largest absolute Gasteiger partial charge is 0.345 e. The summed E-state index contributed by atoms with van der Waals surface area (Å²) in [6, 6.07) is 0. The standard InChI is InChI=1S/C10H20N2O/c1-5-10(7-11(2)3)6-9(13)12(4)8-10/h5-8H2,1-4H3. The number of amides is 1. The maximum absolute atomic E-state index is 11.4. The molecule has 0 aliphatic carbocycles. The van der Waals surface area contributed by atoms with Gasteiger partial charge < -0.3 is 9.80 Å². The third kappa shape index (κ3) is 2.21. The molecule has 1 atom stereocenters. The first kappa shape index (κ1) is 10.5. The Morgan fingerprint density at radius 2 is 2.15 bits per heavy atom. The van der Waals surface area contributed by atoms with Gasteiger partial charge in [0.25, 0.3) is 0 Å². The van der Waals surface area contributed by atoms with Crippen LogP contribution in [-0.4, -0.2) is 49.9 Å². The molecular formula is C10H20N2O. The van der Waals surface area contributed by atoms with Crippen molar-refractivity contribution in [2.45, 2.75) is 19.8 Å². The van der Waals surface area contributed by atoms with Crippen LogP contribution < -0.4 is 0 Å². The maximum atomic E-state index is 11.4. The zero-order valence-corrected chi connectivity index (χ0v) is 9.13. The van der Waals surface area contributed by atoms with E-state index in [0.717, 1.165) is 25.9 Å². The minimum atomic E-state index is 0.204. The third-order valence-corrected chi connectivity index (χ3v) is 2.93. The number of likely N-dealkylation sites (tertiary alicyclic amines) is 1. The Kier molecular flexibility index (Phi) is 2.96. The van der Waals surface area contributed by atoms with Gasteiger partial charge in [-0.2, -0.15) is 0 Å². The van der Waals surface area contributed by atoms with Gasteiger partial charge in [-0.1, -0.05) is 6.92 Å².